The smallest absolute Gasteiger partial charge is 0.170 e. The minimum absolute atomic E-state index is 0.0124. The molecule has 0 unspecified atom stereocenters. The second-order valence-corrected chi connectivity index (χ2v) is 7.49. The van der Waals surface area contributed by atoms with Crippen LogP contribution in [0.5, 0.6) is 0 Å². The van der Waals surface area contributed by atoms with Crippen LogP contribution >= 0.6 is 12.2 Å². The van der Waals surface area contributed by atoms with E-state index in [2.05, 4.69) is 69.2 Å². The standard InChI is InChI=1S/C21H23N5S/c1-15(2)25-11-8-17(14-25)20-19(18-7-3-4-10-23-18)24-21(27)26(20)13-16-6-5-9-22-12-16/h3-12,14-15,19-20H,13H2,1-2H3,(H,24,27)/t19-,20-/m0/s1. The van der Waals surface area contributed by atoms with E-state index < -0.39 is 0 Å². The zero-order valence-corrected chi connectivity index (χ0v) is 16.3. The fraction of sp³-hybridized carbons (Fsp3) is 0.286. The van der Waals surface area contributed by atoms with Crippen molar-refractivity contribution in [2.24, 2.45) is 0 Å². The highest BCUT2D eigenvalue weighted by Gasteiger charge is 2.40. The van der Waals surface area contributed by atoms with Crippen LogP contribution in [-0.2, 0) is 6.54 Å². The van der Waals surface area contributed by atoms with Gasteiger partial charge in [0.15, 0.2) is 5.11 Å². The molecule has 3 aromatic rings. The summed E-state index contributed by atoms with van der Waals surface area (Å²) in [6.45, 7) is 5.08. The van der Waals surface area contributed by atoms with Gasteiger partial charge in [0.2, 0.25) is 0 Å². The molecule has 5 nitrogen and oxygen atoms in total. The van der Waals surface area contributed by atoms with Crippen LogP contribution in [0, 0.1) is 0 Å². The lowest BCUT2D eigenvalue weighted by atomic mass is 9.99. The number of nitrogens with zero attached hydrogens (tertiary/aromatic N) is 4. The van der Waals surface area contributed by atoms with Crippen LogP contribution < -0.4 is 5.32 Å². The Morgan fingerprint density at radius 1 is 1.15 bits per heavy atom. The number of hydrogen-bond donors (Lipinski definition) is 1. The van der Waals surface area contributed by atoms with Gasteiger partial charge >= 0.3 is 0 Å². The van der Waals surface area contributed by atoms with Gasteiger partial charge in [0, 0.05) is 43.6 Å². The van der Waals surface area contributed by atoms with E-state index >= 15 is 0 Å². The maximum absolute atomic E-state index is 5.71. The minimum Gasteiger partial charge on any atom is -0.352 e. The maximum atomic E-state index is 5.71. The van der Waals surface area contributed by atoms with Gasteiger partial charge < -0.3 is 14.8 Å². The lowest BCUT2D eigenvalue weighted by Gasteiger charge is -2.27. The molecule has 138 valence electrons. The highest BCUT2D eigenvalue weighted by molar-refractivity contribution is 7.80. The van der Waals surface area contributed by atoms with E-state index in [0.29, 0.717) is 12.6 Å². The van der Waals surface area contributed by atoms with Crippen molar-refractivity contribution >= 4 is 17.3 Å². The molecule has 0 bridgehead atoms. The lowest BCUT2D eigenvalue weighted by molar-refractivity contribution is 0.310. The number of thiocarbonyl (C=S) groups is 1. The predicted octanol–water partition coefficient (Wildman–Crippen LogP) is 4.03. The number of rotatable bonds is 5. The fourth-order valence-corrected chi connectivity index (χ4v) is 3.86. The van der Waals surface area contributed by atoms with Crippen molar-refractivity contribution in [2.45, 2.75) is 38.5 Å². The van der Waals surface area contributed by atoms with Gasteiger partial charge in [0.25, 0.3) is 0 Å². The zero-order chi connectivity index (χ0) is 18.8. The first-order valence-corrected chi connectivity index (χ1v) is 9.58. The molecular formula is C21H23N5S. The molecule has 1 aliphatic heterocycles. The topological polar surface area (TPSA) is 46.0 Å². The first-order chi connectivity index (χ1) is 13.1. The summed E-state index contributed by atoms with van der Waals surface area (Å²) in [6.07, 6.45) is 9.88. The Morgan fingerprint density at radius 3 is 2.70 bits per heavy atom. The molecule has 0 spiro atoms. The fourth-order valence-electron chi connectivity index (χ4n) is 3.55. The van der Waals surface area contributed by atoms with Gasteiger partial charge in [-0.05, 0) is 61.5 Å². The van der Waals surface area contributed by atoms with E-state index in [1.807, 2.05) is 30.6 Å². The Balaban J connectivity index is 1.73. The third-order valence-corrected chi connectivity index (χ3v) is 5.30. The summed E-state index contributed by atoms with van der Waals surface area (Å²) < 4.78 is 2.23. The van der Waals surface area contributed by atoms with Crippen molar-refractivity contribution in [3.05, 3.63) is 84.2 Å². The molecule has 1 N–H and O–H groups in total. The van der Waals surface area contributed by atoms with Crippen LogP contribution in [0.15, 0.2) is 67.4 Å². The zero-order valence-electron chi connectivity index (χ0n) is 15.5. The molecule has 2 atom stereocenters. The van der Waals surface area contributed by atoms with Gasteiger partial charge in [-0.1, -0.05) is 12.1 Å². The summed E-state index contributed by atoms with van der Waals surface area (Å²) in [6, 6.07) is 12.8. The van der Waals surface area contributed by atoms with Crippen LogP contribution in [0.25, 0.3) is 0 Å². The Bertz CT molecular complexity index is 907. The lowest BCUT2D eigenvalue weighted by Crippen LogP contribution is -2.29. The van der Waals surface area contributed by atoms with Crippen molar-refractivity contribution in [1.29, 1.82) is 0 Å². The van der Waals surface area contributed by atoms with Gasteiger partial charge in [0.05, 0.1) is 17.8 Å². The molecule has 1 saturated heterocycles. The molecule has 6 heteroatoms. The van der Waals surface area contributed by atoms with Crippen LogP contribution in [0.1, 0.15) is 48.8 Å². The van der Waals surface area contributed by atoms with Crippen molar-refractivity contribution in [3.8, 4) is 0 Å². The second kappa shape index (κ2) is 7.48. The van der Waals surface area contributed by atoms with Crippen molar-refractivity contribution in [2.75, 3.05) is 0 Å². The van der Waals surface area contributed by atoms with Crippen LogP contribution in [-0.4, -0.2) is 24.5 Å². The molecule has 3 aromatic heterocycles. The van der Waals surface area contributed by atoms with Crippen molar-refractivity contribution in [1.82, 2.24) is 24.8 Å². The summed E-state index contributed by atoms with van der Waals surface area (Å²) in [5, 5.41) is 4.24. The first-order valence-electron chi connectivity index (χ1n) is 9.18. The van der Waals surface area contributed by atoms with Gasteiger partial charge in [-0.3, -0.25) is 9.97 Å². The molecule has 4 heterocycles. The molecule has 0 radical (unpaired) electrons. The highest BCUT2D eigenvalue weighted by atomic mass is 32.1. The Labute approximate surface area is 165 Å². The monoisotopic (exact) mass is 377 g/mol. The Kier molecular flexibility index (Phi) is 4.90. The largest absolute Gasteiger partial charge is 0.352 e. The van der Waals surface area contributed by atoms with Crippen LogP contribution in [0.4, 0.5) is 0 Å². The van der Waals surface area contributed by atoms with Gasteiger partial charge in [-0.2, -0.15) is 0 Å². The Morgan fingerprint density at radius 2 is 2.04 bits per heavy atom. The van der Waals surface area contributed by atoms with E-state index in [9.17, 15) is 0 Å². The predicted molar refractivity (Wildman–Crippen MR) is 110 cm³/mol. The highest BCUT2D eigenvalue weighted by Crippen LogP contribution is 2.39. The van der Waals surface area contributed by atoms with Gasteiger partial charge in [0.1, 0.15) is 0 Å². The van der Waals surface area contributed by atoms with Gasteiger partial charge in [-0.25, -0.2) is 0 Å². The molecular weight excluding hydrogens is 354 g/mol. The maximum Gasteiger partial charge on any atom is 0.170 e. The quantitative estimate of drug-likeness (QED) is 0.680. The average Bonchev–Trinajstić information content (AvgIpc) is 3.29. The summed E-state index contributed by atoms with van der Waals surface area (Å²) >= 11 is 5.71. The molecule has 1 aliphatic rings. The number of hydrogen-bond acceptors (Lipinski definition) is 3. The molecule has 0 aromatic carbocycles. The number of nitrogens with one attached hydrogen (secondary N) is 1. The molecule has 0 saturated carbocycles. The average molecular weight is 378 g/mol. The van der Waals surface area contributed by atoms with Crippen LogP contribution in [0.3, 0.4) is 0 Å². The van der Waals surface area contributed by atoms with Crippen LogP contribution in [0.2, 0.25) is 0 Å². The molecule has 27 heavy (non-hydrogen) atoms. The number of pyridine rings is 2. The third kappa shape index (κ3) is 3.57. The normalized spacial score (nSPS) is 19.5. The van der Waals surface area contributed by atoms with E-state index in [0.717, 1.165) is 16.4 Å². The van der Waals surface area contributed by atoms with E-state index in [-0.39, 0.29) is 12.1 Å². The minimum atomic E-state index is 0.0124. The summed E-state index contributed by atoms with van der Waals surface area (Å²) in [4.78, 5) is 11.1. The summed E-state index contributed by atoms with van der Waals surface area (Å²) in [7, 11) is 0. The van der Waals surface area contributed by atoms with Crippen molar-refractivity contribution < 1.29 is 0 Å². The molecule has 4 rings (SSSR count). The van der Waals surface area contributed by atoms with E-state index in [1.165, 1.54) is 5.56 Å². The summed E-state index contributed by atoms with van der Waals surface area (Å²) in [5.74, 6) is 0. The number of aromatic nitrogens is 3. The SMILES string of the molecule is CC(C)n1ccc([C@H]2[C@H](c3ccccn3)NC(=S)N2Cc2cccnc2)c1. The third-order valence-electron chi connectivity index (χ3n) is 4.95. The summed E-state index contributed by atoms with van der Waals surface area (Å²) in [5.41, 5.74) is 3.36. The van der Waals surface area contributed by atoms with Gasteiger partial charge in [-0.15, -0.1) is 0 Å². The molecule has 0 amide bonds. The second-order valence-electron chi connectivity index (χ2n) is 7.10. The van der Waals surface area contributed by atoms with Crippen molar-refractivity contribution in [3.63, 3.8) is 0 Å². The first kappa shape index (κ1) is 17.7. The Hall–Kier alpha value is -2.73. The molecule has 0 aliphatic carbocycles. The van der Waals surface area contributed by atoms with E-state index in [1.54, 1.807) is 6.20 Å². The molecule has 1 fully saturated rings. The van der Waals surface area contributed by atoms with E-state index in [4.69, 9.17) is 12.2 Å².